The highest BCUT2D eigenvalue weighted by molar-refractivity contribution is 6.05. The summed E-state index contributed by atoms with van der Waals surface area (Å²) in [6.45, 7) is 1.03. The van der Waals surface area contributed by atoms with Crippen LogP contribution in [-0.4, -0.2) is 13.8 Å². The number of anilines is 1. The van der Waals surface area contributed by atoms with E-state index in [4.69, 9.17) is 13.9 Å². The maximum Gasteiger partial charge on any atom is 0.344 e. The van der Waals surface area contributed by atoms with Crippen LogP contribution in [0.1, 0.15) is 5.56 Å². The average Bonchev–Trinajstić information content (AvgIpc) is 2.73. The first-order valence-electron chi connectivity index (χ1n) is 8.74. The van der Waals surface area contributed by atoms with Crippen molar-refractivity contribution in [1.82, 2.24) is 0 Å². The zero-order chi connectivity index (χ0) is 18.4. The minimum atomic E-state index is -0.326. The van der Waals surface area contributed by atoms with Gasteiger partial charge in [0, 0.05) is 11.1 Å². The first-order chi connectivity index (χ1) is 13.2. The summed E-state index contributed by atoms with van der Waals surface area (Å²) in [5, 5.41) is 2.41. The van der Waals surface area contributed by atoms with Gasteiger partial charge in [-0.3, -0.25) is 0 Å². The summed E-state index contributed by atoms with van der Waals surface area (Å²) in [5.74, 6) is 1.56. The molecule has 0 radical (unpaired) electrons. The quantitative estimate of drug-likeness (QED) is 0.394. The summed E-state index contributed by atoms with van der Waals surface area (Å²) in [4.78, 5) is 14.6. The van der Waals surface area contributed by atoms with Gasteiger partial charge < -0.3 is 18.8 Å². The van der Waals surface area contributed by atoms with Crippen LogP contribution in [0.3, 0.4) is 0 Å². The molecule has 0 saturated heterocycles. The topological polar surface area (TPSA) is 51.9 Å². The molecule has 0 amide bonds. The number of nitrogens with zero attached hydrogens (tertiary/aromatic N) is 1. The molecule has 2 heterocycles. The van der Waals surface area contributed by atoms with Crippen molar-refractivity contribution in [2.24, 2.45) is 0 Å². The molecular weight excluding hydrogens is 342 g/mol. The monoisotopic (exact) mass is 359 g/mol. The van der Waals surface area contributed by atoms with E-state index in [0.717, 1.165) is 33.5 Å². The van der Waals surface area contributed by atoms with Gasteiger partial charge >= 0.3 is 5.63 Å². The van der Waals surface area contributed by atoms with Crippen molar-refractivity contribution in [3.05, 3.63) is 76.6 Å². The van der Waals surface area contributed by atoms with E-state index in [0.29, 0.717) is 24.2 Å². The van der Waals surface area contributed by atoms with Crippen molar-refractivity contribution >= 4 is 27.4 Å². The van der Waals surface area contributed by atoms with Crippen LogP contribution in [-0.2, 0) is 6.54 Å². The second kappa shape index (κ2) is 6.06. The van der Waals surface area contributed by atoms with Crippen LogP contribution in [0.2, 0.25) is 0 Å². The molecule has 0 spiro atoms. The van der Waals surface area contributed by atoms with Gasteiger partial charge in [0.05, 0.1) is 24.6 Å². The van der Waals surface area contributed by atoms with Crippen LogP contribution >= 0.6 is 0 Å². The standard InChI is InChI=1S/C22H17NO4/c1-25-15-8-6-14(7-9-15)23-12-19-20(26-13-23)11-10-17-16-4-2-3-5-18(16)22(24)27-21(17)19/h2-11H,12-13H2,1H3. The number of hydrogen-bond acceptors (Lipinski definition) is 5. The Bertz CT molecular complexity index is 1210. The molecule has 4 aromatic rings. The molecule has 27 heavy (non-hydrogen) atoms. The highest BCUT2D eigenvalue weighted by atomic mass is 16.5. The van der Waals surface area contributed by atoms with Crippen LogP contribution in [0.15, 0.2) is 69.9 Å². The van der Waals surface area contributed by atoms with Crippen molar-refractivity contribution in [3.8, 4) is 11.5 Å². The Kier molecular flexibility index (Phi) is 3.53. The minimum absolute atomic E-state index is 0.326. The summed E-state index contributed by atoms with van der Waals surface area (Å²) in [6, 6.07) is 19.2. The molecule has 1 aliphatic rings. The lowest BCUT2D eigenvalue weighted by Gasteiger charge is -2.31. The van der Waals surface area contributed by atoms with E-state index in [-0.39, 0.29) is 5.63 Å². The number of benzene rings is 3. The molecular formula is C22H17NO4. The van der Waals surface area contributed by atoms with E-state index in [1.54, 1.807) is 13.2 Å². The van der Waals surface area contributed by atoms with Gasteiger partial charge in [0.2, 0.25) is 0 Å². The second-order valence-corrected chi connectivity index (χ2v) is 6.52. The highest BCUT2D eigenvalue weighted by Gasteiger charge is 2.22. The molecule has 1 aliphatic heterocycles. The van der Waals surface area contributed by atoms with Gasteiger partial charge in [0.1, 0.15) is 17.1 Å². The van der Waals surface area contributed by atoms with Gasteiger partial charge in [-0.15, -0.1) is 0 Å². The summed E-state index contributed by atoms with van der Waals surface area (Å²) in [6.07, 6.45) is 0. The maximum atomic E-state index is 12.5. The molecule has 0 bridgehead atoms. The van der Waals surface area contributed by atoms with E-state index in [2.05, 4.69) is 4.90 Å². The number of fused-ring (bicyclic) bond motifs is 5. The van der Waals surface area contributed by atoms with Crippen LogP contribution in [0.5, 0.6) is 11.5 Å². The molecule has 1 aromatic heterocycles. The zero-order valence-electron chi connectivity index (χ0n) is 14.8. The Balaban J connectivity index is 1.65. The molecule has 3 aromatic carbocycles. The van der Waals surface area contributed by atoms with Gasteiger partial charge in [-0.1, -0.05) is 18.2 Å². The predicted molar refractivity (Wildman–Crippen MR) is 105 cm³/mol. The lowest BCUT2D eigenvalue weighted by Crippen LogP contribution is -2.32. The third-order valence-electron chi connectivity index (χ3n) is 5.01. The molecule has 5 rings (SSSR count). The molecule has 0 unspecified atom stereocenters. The number of ether oxygens (including phenoxy) is 2. The fourth-order valence-corrected chi connectivity index (χ4v) is 3.61. The molecule has 0 aliphatic carbocycles. The minimum Gasteiger partial charge on any atom is -0.497 e. The molecule has 0 fully saturated rings. The maximum absolute atomic E-state index is 12.5. The largest absolute Gasteiger partial charge is 0.497 e. The van der Waals surface area contributed by atoms with Crippen molar-refractivity contribution in [3.63, 3.8) is 0 Å². The van der Waals surface area contributed by atoms with Crippen molar-refractivity contribution in [2.45, 2.75) is 6.54 Å². The summed E-state index contributed by atoms with van der Waals surface area (Å²) >= 11 is 0. The Morgan fingerprint density at radius 1 is 0.926 bits per heavy atom. The van der Waals surface area contributed by atoms with E-state index < -0.39 is 0 Å². The lowest BCUT2D eigenvalue weighted by molar-refractivity contribution is 0.289. The third-order valence-corrected chi connectivity index (χ3v) is 5.01. The molecule has 0 N–H and O–H groups in total. The van der Waals surface area contributed by atoms with Crippen LogP contribution in [0.4, 0.5) is 5.69 Å². The third kappa shape index (κ3) is 2.51. The Hall–Kier alpha value is -3.47. The Morgan fingerprint density at radius 2 is 1.70 bits per heavy atom. The van der Waals surface area contributed by atoms with Gasteiger partial charge in [-0.2, -0.15) is 0 Å². The molecule has 134 valence electrons. The number of hydrogen-bond donors (Lipinski definition) is 0. The summed E-state index contributed by atoms with van der Waals surface area (Å²) in [7, 11) is 1.65. The van der Waals surface area contributed by atoms with Crippen LogP contribution in [0, 0.1) is 0 Å². The van der Waals surface area contributed by atoms with Gasteiger partial charge in [-0.25, -0.2) is 4.79 Å². The molecule has 0 saturated carbocycles. The smallest absolute Gasteiger partial charge is 0.344 e. The molecule has 5 heteroatoms. The van der Waals surface area contributed by atoms with Crippen LogP contribution in [0.25, 0.3) is 21.7 Å². The zero-order valence-corrected chi connectivity index (χ0v) is 14.8. The van der Waals surface area contributed by atoms with E-state index >= 15 is 0 Å². The SMILES string of the molecule is COc1ccc(N2COc3ccc4c(oc(=O)c5ccccc54)c3C2)cc1. The van der Waals surface area contributed by atoms with E-state index in [1.165, 1.54) is 0 Å². The average molecular weight is 359 g/mol. The van der Waals surface area contributed by atoms with E-state index in [1.807, 2.05) is 54.6 Å². The van der Waals surface area contributed by atoms with Crippen LogP contribution < -0.4 is 20.0 Å². The van der Waals surface area contributed by atoms with Crippen molar-refractivity contribution < 1.29 is 13.9 Å². The van der Waals surface area contributed by atoms with Gasteiger partial charge in [0.15, 0.2) is 6.73 Å². The first-order valence-corrected chi connectivity index (χ1v) is 8.74. The second-order valence-electron chi connectivity index (χ2n) is 6.52. The van der Waals surface area contributed by atoms with Gasteiger partial charge in [0.25, 0.3) is 0 Å². The lowest BCUT2D eigenvalue weighted by atomic mass is 10.0. The number of methoxy groups -OCH3 is 1. The Morgan fingerprint density at radius 3 is 2.48 bits per heavy atom. The Labute approximate surface area is 155 Å². The fourth-order valence-electron chi connectivity index (χ4n) is 3.61. The van der Waals surface area contributed by atoms with Crippen molar-refractivity contribution in [1.29, 1.82) is 0 Å². The summed E-state index contributed by atoms with van der Waals surface area (Å²) in [5.41, 5.74) is 2.17. The molecule has 5 nitrogen and oxygen atoms in total. The molecule has 0 atom stereocenters. The normalized spacial score (nSPS) is 13.4. The summed E-state index contributed by atoms with van der Waals surface area (Å²) < 4.78 is 16.9. The predicted octanol–water partition coefficient (Wildman–Crippen LogP) is 4.31. The van der Waals surface area contributed by atoms with E-state index in [9.17, 15) is 4.79 Å². The fraction of sp³-hybridized carbons (Fsp3) is 0.136. The number of rotatable bonds is 2. The van der Waals surface area contributed by atoms with Crippen molar-refractivity contribution in [2.75, 3.05) is 18.7 Å². The highest BCUT2D eigenvalue weighted by Crippen LogP contribution is 2.36. The van der Waals surface area contributed by atoms with Gasteiger partial charge in [-0.05, 0) is 47.9 Å². The first kappa shape index (κ1) is 15.8.